The van der Waals surface area contributed by atoms with Gasteiger partial charge in [0.15, 0.2) is 0 Å². The van der Waals surface area contributed by atoms with Crippen molar-refractivity contribution in [3.05, 3.63) is 27.5 Å². The number of rotatable bonds is 0. The first-order valence-corrected chi connectivity index (χ1v) is 3.22. The zero-order valence-corrected chi connectivity index (χ0v) is 6.43. The normalized spacial score (nSPS) is 9.67. The molecular weight excluding hydrogens is 180 g/mol. The van der Waals surface area contributed by atoms with E-state index in [0.29, 0.717) is 10.0 Å². The average molecular weight is 181 g/mol. The molecule has 0 N–H and O–H groups in total. The number of pyridine rings is 1. The molecule has 1 rings (SSSR count). The van der Waals surface area contributed by atoms with Gasteiger partial charge in [-0.1, -0.05) is 34.8 Å². The summed E-state index contributed by atoms with van der Waals surface area (Å²) in [4.78, 5) is 3.63. The molecule has 0 aliphatic heterocycles. The molecule has 1 aromatic rings. The minimum atomic E-state index is 0.226. The highest BCUT2D eigenvalue weighted by Gasteiger charge is 1.97. The van der Waals surface area contributed by atoms with Crippen molar-refractivity contribution >= 4 is 34.8 Å². The first kappa shape index (κ1) is 7.13. The summed E-state index contributed by atoms with van der Waals surface area (Å²) in [7, 11) is 0. The van der Waals surface area contributed by atoms with E-state index in [-0.39, 0.29) is 5.15 Å². The van der Waals surface area contributed by atoms with E-state index in [1.165, 1.54) is 6.20 Å². The predicted octanol–water partition coefficient (Wildman–Crippen LogP) is 2.84. The molecule has 47 valence electrons. The maximum absolute atomic E-state index is 5.50. The summed E-state index contributed by atoms with van der Waals surface area (Å²) >= 11 is 16.4. The lowest BCUT2D eigenvalue weighted by Crippen LogP contribution is -1.74. The molecule has 0 aliphatic carbocycles. The highest BCUT2D eigenvalue weighted by molar-refractivity contribution is 6.42. The number of nitrogens with zero attached hydrogens (tertiary/aromatic N) is 1. The Morgan fingerprint density at radius 1 is 1.33 bits per heavy atom. The Balaban J connectivity index is 3.17. The van der Waals surface area contributed by atoms with E-state index < -0.39 is 0 Å². The van der Waals surface area contributed by atoms with Gasteiger partial charge in [0.25, 0.3) is 0 Å². The smallest absolute Gasteiger partial charge is 0.138 e. The van der Waals surface area contributed by atoms with Crippen LogP contribution in [0, 0.1) is 6.07 Å². The van der Waals surface area contributed by atoms with Crippen LogP contribution in [0.2, 0.25) is 15.2 Å². The summed E-state index contributed by atoms with van der Waals surface area (Å²) in [6.07, 6.45) is 1.38. The topological polar surface area (TPSA) is 12.9 Å². The SMILES string of the molecule is Clc1[c]c(Cl)c(Cl)cn1. The van der Waals surface area contributed by atoms with Crippen molar-refractivity contribution in [2.75, 3.05) is 0 Å². The Bertz CT molecular complexity index is 223. The van der Waals surface area contributed by atoms with Gasteiger partial charge in [0.2, 0.25) is 0 Å². The fraction of sp³-hybridized carbons (Fsp3) is 0. The first-order valence-electron chi connectivity index (χ1n) is 2.09. The van der Waals surface area contributed by atoms with Crippen LogP contribution in [0.5, 0.6) is 0 Å². The molecule has 0 atom stereocenters. The van der Waals surface area contributed by atoms with Crippen LogP contribution in [0.3, 0.4) is 0 Å². The highest BCUT2D eigenvalue weighted by atomic mass is 35.5. The average Bonchev–Trinajstić information content (AvgIpc) is 1.80. The Hall–Kier alpha value is 0.0200. The van der Waals surface area contributed by atoms with Gasteiger partial charge in [0, 0.05) is 12.3 Å². The van der Waals surface area contributed by atoms with E-state index >= 15 is 0 Å². The zero-order valence-electron chi connectivity index (χ0n) is 4.16. The molecule has 1 nitrogen and oxygen atoms in total. The van der Waals surface area contributed by atoms with Crippen LogP contribution >= 0.6 is 34.8 Å². The molecule has 0 saturated carbocycles. The van der Waals surface area contributed by atoms with Crippen LogP contribution in [0.4, 0.5) is 0 Å². The number of hydrogen-bond acceptors (Lipinski definition) is 1. The number of halogens is 3. The van der Waals surface area contributed by atoms with Gasteiger partial charge in [-0.15, -0.1) is 0 Å². The summed E-state index contributed by atoms with van der Waals surface area (Å²) in [5.41, 5.74) is 0. The van der Waals surface area contributed by atoms with Gasteiger partial charge in [-0.25, -0.2) is 4.98 Å². The van der Waals surface area contributed by atoms with Crippen molar-refractivity contribution in [2.24, 2.45) is 0 Å². The number of hydrogen-bond donors (Lipinski definition) is 0. The van der Waals surface area contributed by atoms with Crippen LogP contribution in [0.1, 0.15) is 0 Å². The Labute approximate surface area is 67.6 Å². The minimum absolute atomic E-state index is 0.226. The van der Waals surface area contributed by atoms with Gasteiger partial charge in [0.05, 0.1) is 10.0 Å². The minimum Gasteiger partial charge on any atom is -0.242 e. The predicted molar refractivity (Wildman–Crippen MR) is 38.1 cm³/mol. The van der Waals surface area contributed by atoms with Gasteiger partial charge >= 0.3 is 0 Å². The first-order chi connectivity index (χ1) is 4.20. The van der Waals surface area contributed by atoms with Crippen LogP contribution in [0.25, 0.3) is 0 Å². The Kier molecular flexibility index (Phi) is 2.17. The van der Waals surface area contributed by atoms with Crippen LogP contribution < -0.4 is 0 Å². The molecule has 1 radical (unpaired) electrons. The second-order valence-corrected chi connectivity index (χ2v) is 2.48. The third kappa shape index (κ3) is 1.71. The largest absolute Gasteiger partial charge is 0.242 e. The van der Waals surface area contributed by atoms with Gasteiger partial charge in [-0.3, -0.25) is 0 Å². The van der Waals surface area contributed by atoms with Crippen molar-refractivity contribution < 1.29 is 0 Å². The van der Waals surface area contributed by atoms with Crippen LogP contribution in [-0.4, -0.2) is 4.98 Å². The van der Waals surface area contributed by atoms with E-state index in [4.69, 9.17) is 34.8 Å². The van der Waals surface area contributed by atoms with E-state index in [1.54, 1.807) is 0 Å². The van der Waals surface area contributed by atoms with Gasteiger partial charge < -0.3 is 0 Å². The van der Waals surface area contributed by atoms with Crippen molar-refractivity contribution in [1.29, 1.82) is 0 Å². The molecule has 0 amide bonds. The Morgan fingerprint density at radius 2 is 2.00 bits per heavy atom. The highest BCUT2D eigenvalue weighted by Crippen LogP contribution is 2.21. The van der Waals surface area contributed by atoms with Crippen molar-refractivity contribution in [3.63, 3.8) is 0 Å². The summed E-state index contributed by atoms with van der Waals surface area (Å²) < 4.78 is 0. The quantitative estimate of drug-likeness (QED) is 0.561. The maximum atomic E-state index is 5.50. The van der Waals surface area contributed by atoms with E-state index in [0.717, 1.165) is 0 Å². The molecule has 4 heteroatoms. The molecular formula is C5HCl3N. The third-order valence-electron chi connectivity index (χ3n) is 0.714. The molecule has 0 bridgehead atoms. The van der Waals surface area contributed by atoms with Crippen LogP contribution in [-0.2, 0) is 0 Å². The standard InChI is InChI=1S/C5HCl3N/c6-3-1-5(8)9-2-4(3)7/h2H. The van der Waals surface area contributed by atoms with E-state index in [1.807, 2.05) is 0 Å². The molecule has 1 heterocycles. The molecule has 1 aromatic heterocycles. The molecule has 0 aliphatic rings. The molecule has 0 spiro atoms. The lowest BCUT2D eigenvalue weighted by Gasteiger charge is -1.91. The molecule has 0 saturated heterocycles. The lowest BCUT2D eigenvalue weighted by atomic mass is 10.5. The van der Waals surface area contributed by atoms with Gasteiger partial charge in [-0.05, 0) is 0 Å². The summed E-state index contributed by atoms with van der Waals surface area (Å²) in [6, 6.07) is 2.53. The second-order valence-electron chi connectivity index (χ2n) is 1.34. The van der Waals surface area contributed by atoms with Gasteiger partial charge in [0.1, 0.15) is 5.15 Å². The molecule has 0 unspecified atom stereocenters. The maximum Gasteiger partial charge on any atom is 0.138 e. The summed E-state index contributed by atoms with van der Waals surface area (Å²) in [5, 5.41) is 0.891. The van der Waals surface area contributed by atoms with Crippen molar-refractivity contribution in [2.45, 2.75) is 0 Å². The Morgan fingerprint density at radius 3 is 2.44 bits per heavy atom. The monoisotopic (exact) mass is 180 g/mol. The summed E-state index contributed by atoms with van der Waals surface area (Å²) in [6.45, 7) is 0. The van der Waals surface area contributed by atoms with Crippen LogP contribution in [0.15, 0.2) is 6.20 Å². The van der Waals surface area contributed by atoms with E-state index in [9.17, 15) is 0 Å². The van der Waals surface area contributed by atoms with Gasteiger partial charge in [-0.2, -0.15) is 0 Å². The fourth-order valence-corrected chi connectivity index (χ4v) is 0.779. The third-order valence-corrected chi connectivity index (χ3v) is 1.59. The second kappa shape index (κ2) is 2.74. The summed E-state index contributed by atoms with van der Waals surface area (Å²) in [5.74, 6) is 0. The lowest BCUT2D eigenvalue weighted by molar-refractivity contribution is 1.32. The fourth-order valence-electron chi connectivity index (χ4n) is 0.353. The molecule has 0 aromatic carbocycles. The van der Waals surface area contributed by atoms with E-state index in [2.05, 4.69) is 11.1 Å². The zero-order chi connectivity index (χ0) is 6.85. The van der Waals surface area contributed by atoms with Crippen molar-refractivity contribution in [1.82, 2.24) is 4.98 Å². The molecule has 0 fully saturated rings. The molecule has 9 heavy (non-hydrogen) atoms. The van der Waals surface area contributed by atoms with Crippen molar-refractivity contribution in [3.8, 4) is 0 Å². The number of aromatic nitrogens is 1.